The summed E-state index contributed by atoms with van der Waals surface area (Å²) in [5.41, 5.74) is 2.30. The highest BCUT2D eigenvalue weighted by molar-refractivity contribution is 6.02. The second-order valence-electron chi connectivity index (χ2n) is 7.01. The number of rotatable bonds is 9. The average Bonchev–Trinajstić information content (AvgIpc) is 3.18. The zero-order valence-corrected chi connectivity index (χ0v) is 17.5. The molecule has 2 aromatic carbocycles. The van der Waals surface area contributed by atoms with E-state index >= 15 is 0 Å². The SMILES string of the molecule is CCCOc1ccc(/C=C/C(=O)Nc2cccc(N3CCCC3=O)c2)cc1OCC. The molecule has 0 saturated carbocycles. The van der Waals surface area contributed by atoms with Crippen molar-refractivity contribution >= 4 is 29.3 Å². The summed E-state index contributed by atoms with van der Waals surface area (Å²) < 4.78 is 11.4. The molecule has 1 fully saturated rings. The van der Waals surface area contributed by atoms with Crippen molar-refractivity contribution in [2.75, 3.05) is 30.0 Å². The molecule has 0 unspecified atom stereocenters. The third-order valence-electron chi connectivity index (χ3n) is 4.66. The number of carbonyl (C=O) groups excluding carboxylic acids is 2. The summed E-state index contributed by atoms with van der Waals surface area (Å²) in [6, 6.07) is 12.9. The van der Waals surface area contributed by atoms with E-state index in [1.165, 1.54) is 6.08 Å². The van der Waals surface area contributed by atoms with E-state index in [4.69, 9.17) is 9.47 Å². The van der Waals surface area contributed by atoms with Crippen molar-refractivity contribution in [2.45, 2.75) is 33.1 Å². The Bertz CT molecular complexity index is 923. The first-order valence-electron chi connectivity index (χ1n) is 10.4. The number of benzene rings is 2. The molecule has 0 aliphatic carbocycles. The van der Waals surface area contributed by atoms with Gasteiger partial charge in [0.25, 0.3) is 0 Å². The molecule has 0 radical (unpaired) electrons. The highest BCUT2D eigenvalue weighted by atomic mass is 16.5. The van der Waals surface area contributed by atoms with Crippen molar-refractivity contribution in [1.29, 1.82) is 0 Å². The Kier molecular flexibility index (Phi) is 7.49. The summed E-state index contributed by atoms with van der Waals surface area (Å²) in [6.45, 7) is 5.85. The standard InChI is InChI=1S/C24H28N2O4/c1-3-15-30-21-12-10-18(16-22(21)29-4-2)11-13-23(27)25-19-7-5-8-20(17-19)26-14-6-9-24(26)28/h5,7-8,10-13,16-17H,3-4,6,9,14-15H2,1-2H3,(H,25,27)/b13-11+. The zero-order chi connectivity index (χ0) is 21.3. The minimum Gasteiger partial charge on any atom is -0.490 e. The number of anilines is 2. The van der Waals surface area contributed by atoms with Crippen LogP contribution in [0.15, 0.2) is 48.5 Å². The fourth-order valence-corrected chi connectivity index (χ4v) is 3.26. The minimum absolute atomic E-state index is 0.120. The van der Waals surface area contributed by atoms with Crippen LogP contribution >= 0.6 is 0 Å². The lowest BCUT2D eigenvalue weighted by Crippen LogP contribution is -2.23. The maximum Gasteiger partial charge on any atom is 0.248 e. The Morgan fingerprint density at radius 1 is 1.13 bits per heavy atom. The van der Waals surface area contributed by atoms with Crippen LogP contribution in [0.2, 0.25) is 0 Å². The molecule has 6 nitrogen and oxygen atoms in total. The third kappa shape index (κ3) is 5.63. The lowest BCUT2D eigenvalue weighted by Gasteiger charge is -2.16. The van der Waals surface area contributed by atoms with Gasteiger partial charge in [-0.3, -0.25) is 9.59 Å². The van der Waals surface area contributed by atoms with Gasteiger partial charge < -0.3 is 19.7 Å². The molecule has 1 saturated heterocycles. The first-order valence-corrected chi connectivity index (χ1v) is 10.4. The minimum atomic E-state index is -0.246. The fourth-order valence-electron chi connectivity index (χ4n) is 3.26. The molecule has 2 aromatic rings. The maximum atomic E-state index is 12.4. The number of hydrogen-bond acceptors (Lipinski definition) is 4. The first kappa shape index (κ1) is 21.4. The van der Waals surface area contributed by atoms with Crippen molar-refractivity contribution in [3.8, 4) is 11.5 Å². The van der Waals surface area contributed by atoms with Crippen LogP contribution in [0.25, 0.3) is 6.08 Å². The average molecular weight is 408 g/mol. The highest BCUT2D eigenvalue weighted by Crippen LogP contribution is 2.29. The monoisotopic (exact) mass is 408 g/mol. The molecule has 0 atom stereocenters. The van der Waals surface area contributed by atoms with Gasteiger partial charge in [0.1, 0.15) is 0 Å². The summed E-state index contributed by atoms with van der Waals surface area (Å²) in [6.07, 6.45) is 5.57. The molecular weight excluding hydrogens is 380 g/mol. The van der Waals surface area contributed by atoms with Gasteiger partial charge in [0.15, 0.2) is 11.5 Å². The van der Waals surface area contributed by atoms with Gasteiger partial charge in [-0.05, 0) is 61.7 Å². The van der Waals surface area contributed by atoms with E-state index in [1.807, 2.05) is 49.4 Å². The lowest BCUT2D eigenvalue weighted by molar-refractivity contribution is -0.117. The summed E-state index contributed by atoms with van der Waals surface area (Å²) in [5.74, 6) is 1.24. The van der Waals surface area contributed by atoms with E-state index in [9.17, 15) is 9.59 Å². The van der Waals surface area contributed by atoms with Crippen LogP contribution in [-0.2, 0) is 9.59 Å². The van der Waals surface area contributed by atoms with Gasteiger partial charge in [-0.25, -0.2) is 0 Å². The molecule has 3 rings (SSSR count). The van der Waals surface area contributed by atoms with Crippen LogP contribution in [0.5, 0.6) is 11.5 Å². The fraction of sp³-hybridized carbons (Fsp3) is 0.333. The molecule has 1 N–H and O–H groups in total. The predicted molar refractivity (Wildman–Crippen MR) is 119 cm³/mol. The van der Waals surface area contributed by atoms with Gasteiger partial charge in [0.2, 0.25) is 11.8 Å². The summed E-state index contributed by atoms with van der Waals surface area (Å²) in [5, 5.41) is 2.85. The van der Waals surface area contributed by atoms with Crippen LogP contribution in [0, 0.1) is 0 Å². The van der Waals surface area contributed by atoms with Crippen LogP contribution in [0.3, 0.4) is 0 Å². The normalized spacial score (nSPS) is 13.7. The number of hydrogen-bond donors (Lipinski definition) is 1. The molecule has 0 bridgehead atoms. The van der Waals surface area contributed by atoms with Crippen molar-refractivity contribution in [3.63, 3.8) is 0 Å². The molecular formula is C24H28N2O4. The van der Waals surface area contributed by atoms with Gasteiger partial charge in [0, 0.05) is 30.4 Å². The van der Waals surface area contributed by atoms with E-state index < -0.39 is 0 Å². The van der Waals surface area contributed by atoms with E-state index in [0.29, 0.717) is 36.8 Å². The van der Waals surface area contributed by atoms with Crippen LogP contribution in [0.4, 0.5) is 11.4 Å². The third-order valence-corrected chi connectivity index (χ3v) is 4.66. The Balaban J connectivity index is 1.66. The zero-order valence-electron chi connectivity index (χ0n) is 17.5. The number of carbonyl (C=O) groups is 2. The topological polar surface area (TPSA) is 67.9 Å². The van der Waals surface area contributed by atoms with Crippen molar-refractivity contribution < 1.29 is 19.1 Å². The Labute approximate surface area is 177 Å². The van der Waals surface area contributed by atoms with Crippen molar-refractivity contribution in [1.82, 2.24) is 0 Å². The molecule has 1 aliphatic heterocycles. The number of amides is 2. The molecule has 1 heterocycles. The van der Waals surface area contributed by atoms with Gasteiger partial charge in [0.05, 0.1) is 13.2 Å². The van der Waals surface area contributed by atoms with Gasteiger partial charge in [-0.1, -0.05) is 19.1 Å². The van der Waals surface area contributed by atoms with Gasteiger partial charge in [-0.2, -0.15) is 0 Å². The number of nitrogens with one attached hydrogen (secondary N) is 1. The van der Waals surface area contributed by atoms with Crippen LogP contribution in [-0.4, -0.2) is 31.6 Å². The summed E-state index contributed by atoms with van der Waals surface area (Å²) >= 11 is 0. The number of nitrogens with zero attached hydrogens (tertiary/aromatic N) is 1. The van der Waals surface area contributed by atoms with Crippen molar-refractivity contribution in [3.05, 3.63) is 54.1 Å². The highest BCUT2D eigenvalue weighted by Gasteiger charge is 2.21. The van der Waals surface area contributed by atoms with Gasteiger partial charge >= 0.3 is 0 Å². The Morgan fingerprint density at radius 2 is 2.00 bits per heavy atom. The molecule has 158 valence electrons. The number of ether oxygens (including phenoxy) is 2. The molecule has 0 spiro atoms. The smallest absolute Gasteiger partial charge is 0.248 e. The van der Waals surface area contributed by atoms with Crippen LogP contribution in [0.1, 0.15) is 38.7 Å². The second-order valence-corrected chi connectivity index (χ2v) is 7.01. The predicted octanol–water partition coefficient (Wildman–Crippen LogP) is 4.65. The van der Waals surface area contributed by atoms with E-state index in [-0.39, 0.29) is 11.8 Å². The van der Waals surface area contributed by atoms with Crippen molar-refractivity contribution in [2.24, 2.45) is 0 Å². The van der Waals surface area contributed by atoms with Crippen LogP contribution < -0.4 is 19.7 Å². The quantitative estimate of drug-likeness (QED) is 0.613. The molecule has 1 aliphatic rings. The van der Waals surface area contributed by atoms with Gasteiger partial charge in [-0.15, -0.1) is 0 Å². The molecule has 0 aromatic heterocycles. The van der Waals surface area contributed by atoms with E-state index in [0.717, 1.165) is 30.6 Å². The first-order chi connectivity index (χ1) is 14.6. The Morgan fingerprint density at radius 3 is 2.73 bits per heavy atom. The summed E-state index contributed by atoms with van der Waals surface area (Å²) in [7, 11) is 0. The lowest BCUT2D eigenvalue weighted by atomic mass is 10.2. The Hall–Kier alpha value is -3.28. The molecule has 6 heteroatoms. The van der Waals surface area contributed by atoms with E-state index in [2.05, 4.69) is 12.2 Å². The maximum absolute atomic E-state index is 12.4. The molecule has 30 heavy (non-hydrogen) atoms. The molecule has 2 amide bonds. The largest absolute Gasteiger partial charge is 0.490 e. The second kappa shape index (κ2) is 10.5. The van der Waals surface area contributed by atoms with E-state index in [1.54, 1.807) is 11.0 Å². The summed E-state index contributed by atoms with van der Waals surface area (Å²) in [4.78, 5) is 26.1.